The number of rotatable bonds is 6. The number of aliphatic hydroxyl groups is 1. The van der Waals surface area contributed by atoms with Crippen LogP contribution in [-0.4, -0.2) is 23.8 Å². The van der Waals surface area contributed by atoms with E-state index in [9.17, 15) is 0 Å². The van der Waals surface area contributed by atoms with Crippen LogP contribution in [0.5, 0.6) is 0 Å². The third-order valence-electron chi connectivity index (χ3n) is 2.97. The van der Waals surface area contributed by atoms with Gasteiger partial charge in [0.25, 0.3) is 0 Å². The van der Waals surface area contributed by atoms with Crippen molar-refractivity contribution in [2.75, 3.05) is 6.54 Å². The molecular weight excluding hydrogens is 162 g/mol. The lowest BCUT2D eigenvalue weighted by atomic mass is 9.81. The Labute approximate surface area is 81.7 Å². The second-order valence-electron chi connectivity index (χ2n) is 4.53. The van der Waals surface area contributed by atoms with Gasteiger partial charge in [0.05, 0.1) is 6.10 Å². The van der Waals surface area contributed by atoms with Crippen LogP contribution in [0.3, 0.4) is 0 Å². The quantitative estimate of drug-likeness (QED) is 0.662. The summed E-state index contributed by atoms with van der Waals surface area (Å²) < 4.78 is 0. The molecule has 78 valence electrons. The molecule has 2 heteroatoms. The molecule has 0 aromatic rings. The molecule has 2 N–H and O–H groups in total. The Balaban J connectivity index is 1.93. The lowest BCUT2D eigenvalue weighted by molar-refractivity contribution is 0.180. The average molecular weight is 185 g/mol. The van der Waals surface area contributed by atoms with Crippen LogP contribution in [0.15, 0.2) is 0 Å². The van der Waals surface area contributed by atoms with Gasteiger partial charge in [-0.2, -0.15) is 0 Å². The Kier molecular flexibility index (Phi) is 4.74. The fraction of sp³-hybridized carbons (Fsp3) is 1.00. The minimum atomic E-state index is -0.164. The van der Waals surface area contributed by atoms with Gasteiger partial charge in [-0.3, -0.25) is 0 Å². The van der Waals surface area contributed by atoms with Crippen molar-refractivity contribution in [3.8, 4) is 0 Å². The summed E-state index contributed by atoms with van der Waals surface area (Å²) in [6, 6.07) is 0.629. The SMILES string of the molecule is CC(O)CCNC(C)CC1CCC1. The predicted octanol–water partition coefficient (Wildman–Crippen LogP) is 1.93. The fourth-order valence-electron chi connectivity index (χ4n) is 1.85. The highest BCUT2D eigenvalue weighted by molar-refractivity contribution is 4.74. The van der Waals surface area contributed by atoms with Crippen LogP contribution >= 0.6 is 0 Å². The molecule has 1 aliphatic rings. The van der Waals surface area contributed by atoms with Gasteiger partial charge in [0.1, 0.15) is 0 Å². The van der Waals surface area contributed by atoms with Gasteiger partial charge in [0.2, 0.25) is 0 Å². The van der Waals surface area contributed by atoms with Gasteiger partial charge < -0.3 is 10.4 Å². The van der Waals surface area contributed by atoms with Crippen molar-refractivity contribution in [1.82, 2.24) is 5.32 Å². The van der Waals surface area contributed by atoms with E-state index >= 15 is 0 Å². The van der Waals surface area contributed by atoms with Crippen molar-refractivity contribution >= 4 is 0 Å². The molecule has 0 bridgehead atoms. The van der Waals surface area contributed by atoms with Crippen LogP contribution in [-0.2, 0) is 0 Å². The summed E-state index contributed by atoms with van der Waals surface area (Å²) in [6.45, 7) is 5.05. The first-order valence-corrected chi connectivity index (χ1v) is 5.60. The van der Waals surface area contributed by atoms with E-state index in [2.05, 4.69) is 12.2 Å². The van der Waals surface area contributed by atoms with E-state index in [0.717, 1.165) is 18.9 Å². The Morgan fingerprint density at radius 3 is 2.54 bits per heavy atom. The highest BCUT2D eigenvalue weighted by Gasteiger charge is 2.19. The number of hydrogen-bond donors (Lipinski definition) is 2. The zero-order valence-electron chi connectivity index (χ0n) is 8.92. The van der Waals surface area contributed by atoms with Crippen LogP contribution in [0.25, 0.3) is 0 Å². The molecule has 0 heterocycles. The largest absolute Gasteiger partial charge is 0.393 e. The molecule has 1 aliphatic carbocycles. The van der Waals surface area contributed by atoms with Gasteiger partial charge in [-0.1, -0.05) is 19.3 Å². The molecular formula is C11H23NO. The summed E-state index contributed by atoms with van der Waals surface area (Å²) >= 11 is 0. The maximum absolute atomic E-state index is 9.06. The molecule has 0 radical (unpaired) electrons. The van der Waals surface area contributed by atoms with E-state index in [1.54, 1.807) is 0 Å². The van der Waals surface area contributed by atoms with E-state index in [1.807, 2.05) is 6.92 Å². The lowest BCUT2D eigenvalue weighted by Gasteiger charge is -2.28. The lowest BCUT2D eigenvalue weighted by Crippen LogP contribution is -2.32. The van der Waals surface area contributed by atoms with Crippen LogP contribution in [0.4, 0.5) is 0 Å². The smallest absolute Gasteiger partial charge is 0.0524 e. The zero-order valence-corrected chi connectivity index (χ0v) is 8.92. The summed E-state index contributed by atoms with van der Waals surface area (Å²) in [5.74, 6) is 0.981. The highest BCUT2D eigenvalue weighted by Crippen LogP contribution is 2.30. The first kappa shape index (κ1) is 11.0. The number of hydrogen-bond acceptors (Lipinski definition) is 2. The summed E-state index contributed by atoms with van der Waals surface area (Å²) in [4.78, 5) is 0. The van der Waals surface area contributed by atoms with Crippen molar-refractivity contribution in [3.63, 3.8) is 0 Å². The van der Waals surface area contributed by atoms with Gasteiger partial charge in [0.15, 0.2) is 0 Å². The van der Waals surface area contributed by atoms with E-state index in [-0.39, 0.29) is 6.10 Å². The molecule has 0 aromatic carbocycles. The predicted molar refractivity (Wildman–Crippen MR) is 55.7 cm³/mol. The second kappa shape index (κ2) is 5.61. The van der Waals surface area contributed by atoms with Gasteiger partial charge in [-0.15, -0.1) is 0 Å². The molecule has 1 rings (SSSR count). The van der Waals surface area contributed by atoms with Crippen LogP contribution in [0.2, 0.25) is 0 Å². The van der Waals surface area contributed by atoms with Crippen LogP contribution < -0.4 is 5.32 Å². The van der Waals surface area contributed by atoms with Crippen molar-refractivity contribution in [3.05, 3.63) is 0 Å². The Morgan fingerprint density at radius 1 is 1.38 bits per heavy atom. The van der Waals surface area contributed by atoms with Gasteiger partial charge in [-0.05, 0) is 39.2 Å². The van der Waals surface area contributed by atoms with Gasteiger partial charge in [0, 0.05) is 6.04 Å². The minimum Gasteiger partial charge on any atom is -0.393 e. The van der Waals surface area contributed by atoms with E-state index < -0.39 is 0 Å². The monoisotopic (exact) mass is 185 g/mol. The average Bonchev–Trinajstić information content (AvgIpc) is 1.96. The van der Waals surface area contributed by atoms with Gasteiger partial charge >= 0.3 is 0 Å². The van der Waals surface area contributed by atoms with Crippen LogP contribution in [0, 0.1) is 5.92 Å². The van der Waals surface area contributed by atoms with Crippen molar-refractivity contribution in [1.29, 1.82) is 0 Å². The summed E-state index contributed by atoms with van der Waals surface area (Å²) in [5, 5.41) is 12.5. The van der Waals surface area contributed by atoms with Gasteiger partial charge in [-0.25, -0.2) is 0 Å². The Hall–Kier alpha value is -0.0800. The summed E-state index contributed by atoms with van der Waals surface area (Å²) in [6.07, 6.45) is 6.33. The normalized spacial score (nSPS) is 22.4. The molecule has 0 spiro atoms. The zero-order chi connectivity index (χ0) is 9.68. The standard InChI is InChI=1S/C11H23NO/c1-9(8-11-4-3-5-11)12-7-6-10(2)13/h9-13H,3-8H2,1-2H3. The molecule has 13 heavy (non-hydrogen) atoms. The molecule has 2 unspecified atom stereocenters. The van der Waals surface area contributed by atoms with E-state index in [0.29, 0.717) is 6.04 Å². The molecule has 0 saturated heterocycles. The topological polar surface area (TPSA) is 32.3 Å². The Morgan fingerprint density at radius 2 is 2.08 bits per heavy atom. The van der Waals surface area contributed by atoms with Crippen LogP contribution in [0.1, 0.15) is 46.0 Å². The Bertz CT molecular complexity index is 132. The maximum Gasteiger partial charge on any atom is 0.0524 e. The third-order valence-corrected chi connectivity index (χ3v) is 2.97. The van der Waals surface area contributed by atoms with Crippen molar-refractivity contribution < 1.29 is 5.11 Å². The number of aliphatic hydroxyl groups excluding tert-OH is 1. The third kappa shape index (κ3) is 4.63. The molecule has 2 nitrogen and oxygen atoms in total. The summed E-state index contributed by atoms with van der Waals surface area (Å²) in [7, 11) is 0. The van der Waals surface area contributed by atoms with Crippen molar-refractivity contribution in [2.24, 2.45) is 5.92 Å². The highest BCUT2D eigenvalue weighted by atomic mass is 16.3. The van der Waals surface area contributed by atoms with E-state index in [1.165, 1.54) is 25.7 Å². The minimum absolute atomic E-state index is 0.164. The first-order valence-electron chi connectivity index (χ1n) is 5.60. The molecule has 0 aliphatic heterocycles. The molecule has 1 fully saturated rings. The fourth-order valence-corrected chi connectivity index (χ4v) is 1.85. The molecule has 2 atom stereocenters. The summed E-state index contributed by atoms with van der Waals surface area (Å²) in [5.41, 5.74) is 0. The van der Waals surface area contributed by atoms with E-state index in [4.69, 9.17) is 5.11 Å². The second-order valence-corrected chi connectivity index (χ2v) is 4.53. The molecule has 1 saturated carbocycles. The molecule has 0 aromatic heterocycles. The number of nitrogens with one attached hydrogen (secondary N) is 1. The first-order chi connectivity index (χ1) is 6.18. The van der Waals surface area contributed by atoms with Crippen molar-refractivity contribution in [2.45, 2.75) is 58.1 Å². The maximum atomic E-state index is 9.06. The molecule has 0 amide bonds.